The molecule has 4 atom stereocenters. The number of allylic oxidation sites excluding steroid dienone is 4. The lowest BCUT2D eigenvalue weighted by atomic mass is 9.46. The van der Waals surface area contributed by atoms with Gasteiger partial charge in [0.1, 0.15) is 0 Å². The van der Waals surface area contributed by atoms with E-state index in [9.17, 15) is 4.79 Å². The first-order valence-corrected chi connectivity index (χ1v) is 8.99. The van der Waals surface area contributed by atoms with Crippen LogP contribution in [0.15, 0.2) is 23.3 Å². The maximum Gasteiger partial charge on any atom is 0.223 e. The lowest BCUT2D eigenvalue weighted by Crippen LogP contribution is -2.54. The van der Waals surface area contributed by atoms with Gasteiger partial charge in [-0.25, -0.2) is 0 Å². The van der Waals surface area contributed by atoms with Crippen LogP contribution >= 0.6 is 0 Å². The maximum atomic E-state index is 12.2. The fourth-order valence-electron chi connectivity index (χ4n) is 5.64. The molecule has 3 aliphatic rings. The number of rotatable bonds is 2. The minimum atomic E-state index is -0.322. The van der Waals surface area contributed by atoms with E-state index in [1.165, 1.54) is 19.3 Å². The quantitative estimate of drug-likeness (QED) is 0.795. The predicted molar refractivity (Wildman–Crippen MR) is 91.1 cm³/mol. The standard InChI is InChI=1S/C20H31NO/c1-13(2)14-6-8-16-15(12-14)7-9-17-19(16,3)10-5-11-20(17,4)18(21)22/h7,12-13,16-17H,5-6,8-11H2,1-4H3,(H2,21,22)/t16-,17?,19-,20+/m1/s1. The molecule has 2 nitrogen and oxygen atoms in total. The second kappa shape index (κ2) is 5.25. The van der Waals surface area contributed by atoms with Crippen LogP contribution in [-0.4, -0.2) is 5.91 Å². The smallest absolute Gasteiger partial charge is 0.223 e. The number of carbonyl (C=O) groups excluding carboxylic acids is 1. The Balaban J connectivity index is 2.00. The zero-order valence-electron chi connectivity index (χ0n) is 14.6. The summed E-state index contributed by atoms with van der Waals surface area (Å²) in [5.41, 5.74) is 8.88. The monoisotopic (exact) mass is 301 g/mol. The summed E-state index contributed by atoms with van der Waals surface area (Å²) in [5, 5.41) is 0. The van der Waals surface area contributed by atoms with Crippen LogP contribution < -0.4 is 5.73 Å². The van der Waals surface area contributed by atoms with Gasteiger partial charge in [-0.3, -0.25) is 4.79 Å². The van der Waals surface area contributed by atoms with Crippen molar-refractivity contribution in [2.45, 2.75) is 66.2 Å². The number of hydrogen-bond acceptors (Lipinski definition) is 1. The van der Waals surface area contributed by atoms with Gasteiger partial charge in [0.15, 0.2) is 0 Å². The van der Waals surface area contributed by atoms with E-state index in [2.05, 4.69) is 39.8 Å². The van der Waals surface area contributed by atoms with Crippen molar-refractivity contribution in [1.29, 1.82) is 0 Å². The van der Waals surface area contributed by atoms with E-state index in [-0.39, 0.29) is 16.7 Å². The third-order valence-electron chi connectivity index (χ3n) is 7.14. The van der Waals surface area contributed by atoms with Crippen molar-refractivity contribution in [3.8, 4) is 0 Å². The van der Waals surface area contributed by atoms with Crippen LogP contribution in [0, 0.1) is 28.6 Å². The lowest BCUT2D eigenvalue weighted by molar-refractivity contribution is -0.140. The van der Waals surface area contributed by atoms with Gasteiger partial charge in [-0.05, 0) is 60.8 Å². The molecule has 1 unspecified atom stereocenters. The van der Waals surface area contributed by atoms with E-state index >= 15 is 0 Å². The molecule has 3 aliphatic carbocycles. The van der Waals surface area contributed by atoms with Gasteiger partial charge >= 0.3 is 0 Å². The van der Waals surface area contributed by atoms with Crippen molar-refractivity contribution in [1.82, 2.24) is 0 Å². The van der Waals surface area contributed by atoms with Crippen LogP contribution in [0.4, 0.5) is 0 Å². The SMILES string of the molecule is CC(C)C1=CC2=CCC3[C@](C)(CCC[C@]3(C)C(N)=O)[C@@H]2CC1. The molecule has 3 rings (SSSR count). The highest BCUT2D eigenvalue weighted by atomic mass is 16.1. The highest BCUT2D eigenvalue weighted by Gasteiger charge is 2.56. The van der Waals surface area contributed by atoms with Crippen LogP contribution in [0.5, 0.6) is 0 Å². The van der Waals surface area contributed by atoms with Gasteiger partial charge in [-0.15, -0.1) is 0 Å². The summed E-state index contributed by atoms with van der Waals surface area (Å²) >= 11 is 0. The molecule has 0 aromatic carbocycles. The summed E-state index contributed by atoms with van der Waals surface area (Å²) in [6.07, 6.45) is 11.7. The first-order chi connectivity index (χ1) is 10.3. The Labute approximate surface area is 135 Å². The Bertz CT molecular complexity index is 544. The summed E-state index contributed by atoms with van der Waals surface area (Å²) in [7, 11) is 0. The third kappa shape index (κ3) is 2.18. The van der Waals surface area contributed by atoms with E-state index in [1.807, 2.05) is 0 Å². The molecule has 2 heteroatoms. The molecule has 0 aromatic rings. The summed E-state index contributed by atoms with van der Waals surface area (Å²) in [6, 6.07) is 0. The maximum absolute atomic E-state index is 12.2. The largest absolute Gasteiger partial charge is 0.369 e. The highest BCUT2D eigenvalue weighted by Crippen LogP contribution is 2.61. The summed E-state index contributed by atoms with van der Waals surface area (Å²) in [5.74, 6) is 1.59. The zero-order chi connectivity index (χ0) is 16.1. The Morgan fingerprint density at radius 3 is 2.68 bits per heavy atom. The van der Waals surface area contributed by atoms with Crippen molar-refractivity contribution in [3.63, 3.8) is 0 Å². The topological polar surface area (TPSA) is 43.1 Å². The normalized spacial score (nSPS) is 41.3. The molecular formula is C20H31NO. The lowest BCUT2D eigenvalue weighted by Gasteiger charge is -2.57. The van der Waals surface area contributed by atoms with Crippen LogP contribution in [0.3, 0.4) is 0 Å². The minimum absolute atomic E-state index is 0.0884. The molecule has 0 aromatic heterocycles. The second-order valence-electron chi connectivity index (χ2n) is 8.60. The molecule has 1 saturated carbocycles. The fraction of sp³-hybridized carbons (Fsp3) is 0.750. The molecule has 0 radical (unpaired) electrons. The number of nitrogens with two attached hydrogens (primary N) is 1. The van der Waals surface area contributed by atoms with Gasteiger partial charge in [0.2, 0.25) is 5.91 Å². The van der Waals surface area contributed by atoms with E-state index in [0.29, 0.717) is 17.8 Å². The van der Waals surface area contributed by atoms with Crippen LogP contribution in [0.1, 0.15) is 66.2 Å². The van der Waals surface area contributed by atoms with Gasteiger partial charge in [0.05, 0.1) is 0 Å². The van der Waals surface area contributed by atoms with Crippen molar-refractivity contribution >= 4 is 5.91 Å². The Morgan fingerprint density at radius 2 is 2.05 bits per heavy atom. The molecule has 0 spiro atoms. The minimum Gasteiger partial charge on any atom is -0.369 e. The van der Waals surface area contributed by atoms with Crippen molar-refractivity contribution in [2.24, 2.45) is 34.3 Å². The molecule has 0 saturated heterocycles. The van der Waals surface area contributed by atoms with Gasteiger partial charge in [0.25, 0.3) is 0 Å². The predicted octanol–water partition coefficient (Wildman–Crippen LogP) is 4.61. The van der Waals surface area contributed by atoms with Crippen molar-refractivity contribution in [2.75, 3.05) is 0 Å². The average Bonchev–Trinajstić information content (AvgIpc) is 2.46. The summed E-state index contributed by atoms with van der Waals surface area (Å²) in [6.45, 7) is 9.15. The molecule has 2 N–H and O–H groups in total. The molecular weight excluding hydrogens is 270 g/mol. The number of amides is 1. The molecule has 0 heterocycles. The third-order valence-corrected chi connectivity index (χ3v) is 7.14. The Hall–Kier alpha value is -1.05. The first kappa shape index (κ1) is 15.8. The van der Waals surface area contributed by atoms with E-state index in [4.69, 9.17) is 5.73 Å². The van der Waals surface area contributed by atoms with E-state index in [1.54, 1.807) is 11.1 Å². The summed E-state index contributed by atoms with van der Waals surface area (Å²) in [4.78, 5) is 12.2. The van der Waals surface area contributed by atoms with Crippen LogP contribution in [0.2, 0.25) is 0 Å². The van der Waals surface area contributed by atoms with E-state index in [0.717, 1.165) is 19.3 Å². The number of carbonyl (C=O) groups is 1. The van der Waals surface area contributed by atoms with E-state index < -0.39 is 0 Å². The van der Waals surface area contributed by atoms with Gasteiger partial charge in [0, 0.05) is 5.41 Å². The first-order valence-electron chi connectivity index (χ1n) is 8.99. The van der Waals surface area contributed by atoms with Crippen LogP contribution in [-0.2, 0) is 4.79 Å². The Kier molecular flexibility index (Phi) is 3.78. The number of primary amides is 1. The average molecular weight is 301 g/mol. The Morgan fingerprint density at radius 1 is 1.32 bits per heavy atom. The van der Waals surface area contributed by atoms with Crippen molar-refractivity contribution < 1.29 is 4.79 Å². The van der Waals surface area contributed by atoms with Crippen LogP contribution in [0.25, 0.3) is 0 Å². The van der Waals surface area contributed by atoms with Gasteiger partial charge in [-0.1, -0.05) is 51.8 Å². The second-order valence-corrected chi connectivity index (χ2v) is 8.60. The summed E-state index contributed by atoms with van der Waals surface area (Å²) < 4.78 is 0. The number of hydrogen-bond donors (Lipinski definition) is 1. The van der Waals surface area contributed by atoms with Gasteiger partial charge < -0.3 is 5.73 Å². The van der Waals surface area contributed by atoms with Crippen molar-refractivity contribution in [3.05, 3.63) is 23.3 Å². The molecule has 0 bridgehead atoms. The molecule has 1 amide bonds. The van der Waals surface area contributed by atoms with Gasteiger partial charge in [-0.2, -0.15) is 0 Å². The highest BCUT2D eigenvalue weighted by molar-refractivity contribution is 5.81. The molecule has 122 valence electrons. The molecule has 22 heavy (non-hydrogen) atoms. The molecule has 1 fully saturated rings. The number of fused-ring (bicyclic) bond motifs is 3. The zero-order valence-corrected chi connectivity index (χ0v) is 14.6. The fourth-order valence-corrected chi connectivity index (χ4v) is 5.64. The molecule has 0 aliphatic heterocycles.